The van der Waals surface area contributed by atoms with Gasteiger partial charge in [-0.2, -0.15) is 0 Å². The highest BCUT2D eigenvalue weighted by atomic mass is 28.3. The minimum absolute atomic E-state index is 0.146. The van der Waals surface area contributed by atoms with Crippen molar-refractivity contribution in [2.45, 2.75) is 32.5 Å². The van der Waals surface area contributed by atoms with E-state index in [1.165, 1.54) is 0 Å². The van der Waals surface area contributed by atoms with Crippen molar-refractivity contribution in [1.82, 2.24) is 4.90 Å². The zero-order valence-electron chi connectivity index (χ0n) is 10.3. The smallest absolute Gasteiger partial charge is 0.375 e. The predicted molar refractivity (Wildman–Crippen MR) is 67.3 cm³/mol. The summed E-state index contributed by atoms with van der Waals surface area (Å²) in [6, 6.07) is 0. The molecular weight excluding hydrogens is 254 g/mol. The molecule has 0 bridgehead atoms. The van der Waals surface area contributed by atoms with Gasteiger partial charge in [0.2, 0.25) is 0 Å². The Morgan fingerprint density at radius 3 is 2.19 bits per heavy atom. The number of hydrogen-bond donors (Lipinski definition) is 0. The average molecular weight is 275 g/mol. The molecule has 0 fully saturated rings. The maximum Gasteiger partial charge on any atom is 0.578 e. The van der Waals surface area contributed by atoms with Crippen LogP contribution in [0.25, 0.3) is 0 Å². The van der Waals surface area contributed by atoms with Gasteiger partial charge in [0.25, 0.3) is 0 Å². The van der Waals surface area contributed by atoms with Crippen molar-refractivity contribution in [3.05, 3.63) is 0 Å². The summed E-state index contributed by atoms with van der Waals surface area (Å²) in [6.45, 7) is 6.29. The predicted octanol–water partition coefficient (Wildman–Crippen LogP) is 0.351. The van der Waals surface area contributed by atoms with E-state index in [9.17, 15) is 0 Å². The summed E-state index contributed by atoms with van der Waals surface area (Å²) in [6.07, 6.45) is 2.61. The van der Waals surface area contributed by atoms with Crippen LogP contribution in [0.4, 0.5) is 0 Å². The van der Waals surface area contributed by atoms with E-state index in [0.29, 0.717) is 6.23 Å². The monoisotopic (exact) mass is 274 g/mol. The minimum Gasteiger partial charge on any atom is -0.375 e. The highest BCUT2D eigenvalue weighted by molar-refractivity contribution is 6.38. The second-order valence-corrected chi connectivity index (χ2v) is 5.46. The van der Waals surface area contributed by atoms with Gasteiger partial charge in [-0.15, -0.1) is 0 Å². The second kappa shape index (κ2) is 10.6. The SMILES string of the molecule is CCCN(CCC)C([Si])O[Si](OC)OC[Si]. The van der Waals surface area contributed by atoms with E-state index >= 15 is 0 Å². The Kier molecular flexibility index (Phi) is 11.0. The van der Waals surface area contributed by atoms with Crippen molar-refractivity contribution < 1.29 is 13.3 Å². The van der Waals surface area contributed by atoms with Gasteiger partial charge < -0.3 is 13.3 Å². The molecule has 1 unspecified atom stereocenters. The largest absolute Gasteiger partial charge is 0.578 e. The molecule has 0 aromatic carbocycles. The van der Waals surface area contributed by atoms with E-state index in [0.717, 1.165) is 25.9 Å². The first-order valence-electron chi connectivity index (χ1n) is 5.49. The summed E-state index contributed by atoms with van der Waals surface area (Å²) in [5, 5.41) is 0. The third kappa shape index (κ3) is 6.94. The number of nitrogens with zero attached hydrogens (tertiary/aromatic N) is 1. The topological polar surface area (TPSA) is 30.9 Å². The van der Waals surface area contributed by atoms with Crippen LogP contribution in [-0.4, -0.2) is 67.2 Å². The van der Waals surface area contributed by atoms with Crippen LogP contribution in [0, 0.1) is 0 Å². The fraction of sp³-hybridized carbons (Fsp3) is 1.00. The van der Waals surface area contributed by atoms with Crippen molar-refractivity contribution in [3.63, 3.8) is 0 Å². The summed E-state index contributed by atoms with van der Waals surface area (Å²) in [4.78, 5) is 2.22. The molecule has 0 heterocycles. The van der Waals surface area contributed by atoms with Gasteiger partial charge >= 0.3 is 9.53 Å². The van der Waals surface area contributed by atoms with E-state index in [1.54, 1.807) is 7.11 Å². The van der Waals surface area contributed by atoms with E-state index in [2.05, 4.69) is 39.2 Å². The molecule has 0 N–H and O–H groups in total. The second-order valence-electron chi connectivity index (χ2n) is 3.25. The Bertz CT molecular complexity index is 159. The standard InChI is InChI=1S/C9H20NO3Si3/c1-4-6-10(7-5-2)9(15)13-16(11-3)12-8-14/h9H,4-8H2,1-3H3. The van der Waals surface area contributed by atoms with Gasteiger partial charge in [0.05, 0.1) is 26.3 Å². The van der Waals surface area contributed by atoms with Crippen molar-refractivity contribution in [2.75, 3.05) is 26.4 Å². The molecule has 91 valence electrons. The first kappa shape index (κ1) is 16.5. The lowest BCUT2D eigenvalue weighted by molar-refractivity contribution is 0.0298. The Morgan fingerprint density at radius 1 is 1.25 bits per heavy atom. The van der Waals surface area contributed by atoms with Crippen LogP contribution < -0.4 is 0 Å². The van der Waals surface area contributed by atoms with Crippen molar-refractivity contribution >= 4 is 30.0 Å². The Balaban J connectivity index is 4.08. The molecule has 0 aliphatic heterocycles. The number of hydrogen-bond acceptors (Lipinski definition) is 4. The van der Waals surface area contributed by atoms with Crippen molar-refractivity contribution in [1.29, 1.82) is 0 Å². The van der Waals surface area contributed by atoms with Gasteiger partial charge in [0.1, 0.15) is 0 Å². The van der Waals surface area contributed by atoms with Crippen LogP contribution in [0.15, 0.2) is 0 Å². The molecule has 7 radical (unpaired) electrons. The average Bonchev–Trinajstić information content (AvgIpc) is 2.28. The van der Waals surface area contributed by atoms with Crippen LogP contribution in [0.5, 0.6) is 0 Å². The summed E-state index contributed by atoms with van der Waals surface area (Å²) in [7, 11) is 6.75. The summed E-state index contributed by atoms with van der Waals surface area (Å²) < 4.78 is 16.1. The molecule has 7 heteroatoms. The highest BCUT2D eigenvalue weighted by Crippen LogP contribution is 2.04. The van der Waals surface area contributed by atoms with Crippen LogP contribution in [0.3, 0.4) is 0 Å². The van der Waals surface area contributed by atoms with Crippen LogP contribution in [0.2, 0.25) is 0 Å². The molecule has 0 aliphatic rings. The van der Waals surface area contributed by atoms with Crippen LogP contribution in [-0.2, 0) is 13.3 Å². The summed E-state index contributed by atoms with van der Waals surface area (Å²) in [5.74, 6) is -0.146. The summed E-state index contributed by atoms with van der Waals surface area (Å²) >= 11 is 0. The first-order valence-corrected chi connectivity index (χ1v) is 8.00. The molecule has 0 saturated heterocycles. The van der Waals surface area contributed by atoms with Gasteiger partial charge in [0, 0.05) is 13.3 Å². The summed E-state index contributed by atoms with van der Waals surface area (Å²) in [5.41, 5.74) is 0. The lowest BCUT2D eigenvalue weighted by atomic mass is 10.4. The zero-order chi connectivity index (χ0) is 12.4. The van der Waals surface area contributed by atoms with Crippen LogP contribution in [0.1, 0.15) is 26.7 Å². The molecular formula is C9H20NO3Si3. The van der Waals surface area contributed by atoms with Crippen molar-refractivity contribution in [2.24, 2.45) is 0 Å². The Morgan fingerprint density at radius 2 is 1.81 bits per heavy atom. The Hall–Kier alpha value is 0.491. The van der Waals surface area contributed by atoms with Gasteiger partial charge in [-0.3, -0.25) is 4.90 Å². The van der Waals surface area contributed by atoms with Gasteiger partial charge in [0.15, 0.2) is 0 Å². The molecule has 0 aliphatic carbocycles. The lowest BCUT2D eigenvalue weighted by Crippen LogP contribution is -2.44. The maximum atomic E-state index is 5.67. The molecule has 1 atom stereocenters. The highest BCUT2D eigenvalue weighted by Gasteiger charge is 2.23. The molecule has 0 rings (SSSR count). The fourth-order valence-corrected chi connectivity index (χ4v) is 2.92. The molecule has 0 amide bonds. The van der Waals surface area contributed by atoms with E-state index in [4.69, 9.17) is 13.3 Å². The minimum atomic E-state index is -1.65. The molecule has 0 aromatic rings. The van der Waals surface area contributed by atoms with E-state index < -0.39 is 9.53 Å². The van der Waals surface area contributed by atoms with Gasteiger partial charge in [-0.05, 0) is 25.9 Å². The molecule has 0 spiro atoms. The zero-order valence-corrected chi connectivity index (χ0v) is 13.3. The van der Waals surface area contributed by atoms with Crippen LogP contribution >= 0.6 is 0 Å². The quantitative estimate of drug-likeness (QED) is 0.425. The van der Waals surface area contributed by atoms with E-state index in [1.807, 2.05) is 0 Å². The molecule has 4 nitrogen and oxygen atoms in total. The lowest BCUT2D eigenvalue weighted by Gasteiger charge is -2.29. The molecule has 0 saturated carbocycles. The molecule has 0 aromatic heterocycles. The maximum absolute atomic E-state index is 5.67. The van der Waals surface area contributed by atoms with Gasteiger partial charge in [-0.25, -0.2) is 0 Å². The first-order chi connectivity index (χ1) is 7.69. The Labute approximate surface area is 107 Å². The normalized spacial score (nSPS) is 13.7. The third-order valence-corrected chi connectivity index (χ3v) is 4.20. The third-order valence-electron chi connectivity index (χ3n) is 1.92. The molecule has 16 heavy (non-hydrogen) atoms. The fourth-order valence-electron chi connectivity index (χ4n) is 1.29. The van der Waals surface area contributed by atoms with Crippen molar-refractivity contribution in [3.8, 4) is 0 Å². The van der Waals surface area contributed by atoms with Gasteiger partial charge in [-0.1, -0.05) is 13.8 Å². The number of rotatable bonds is 10. The van der Waals surface area contributed by atoms with E-state index in [-0.39, 0.29) is 5.85 Å².